The molecule has 0 fully saturated rings. The number of ketones is 1. The molecule has 86 valence electrons. The molecule has 0 amide bonds. The van der Waals surface area contributed by atoms with Crippen LogP contribution in [0.4, 0.5) is 0 Å². The van der Waals surface area contributed by atoms with Crippen LogP contribution < -0.4 is 0 Å². The Kier molecular flexibility index (Phi) is 3.75. The van der Waals surface area contributed by atoms with E-state index >= 15 is 0 Å². The number of hydrogen-bond acceptors (Lipinski definition) is 1. The van der Waals surface area contributed by atoms with Crippen LogP contribution in [0.2, 0.25) is 0 Å². The second-order valence-corrected chi connectivity index (χ2v) is 4.56. The van der Waals surface area contributed by atoms with Crippen molar-refractivity contribution in [3.8, 4) is 11.1 Å². The fraction of sp³-hybridized carbons (Fsp3) is 0.133. The number of hydrogen-bond donors (Lipinski definition) is 0. The number of rotatable bonds is 3. The average Bonchev–Trinajstić information content (AvgIpc) is 2.39. The Morgan fingerprint density at radius 3 is 1.88 bits per heavy atom. The van der Waals surface area contributed by atoms with Gasteiger partial charge >= 0.3 is 0 Å². The maximum atomic E-state index is 11.5. The number of carbonyl (C=O) groups is 1. The molecule has 0 aliphatic rings. The molecule has 17 heavy (non-hydrogen) atoms. The van der Waals surface area contributed by atoms with Crippen LogP contribution in [-0.2, 0) is 0 Å². The molecule has 0 unspecified atom stereocenters. The lowest BCUT2D eigenvalue weighted by molar-refractivity contribution is 0.102. The Morgan fingerprint density at radius 1 is 0.941 bits per heavy atom. The fourth-order valence-electron chi connectivity index (χ4n) is 1.67. The van der Waals surface area contributed by atoms with Crippen molar-refractivity contribution in [1.29, 1.82) is 0 Å². The SMILES string of the molecule is Cc1ccc(-c2ccc(C(=O)CBr)cc2)cc1. The van der Waals surface area contributed by atoms with Gasteiger partial charge in [0.05, 0.1) is 5.33 Å². The van der Waals surface area contributed by atoms with E-state index in [0.29, 0.717) is 5.33 Å². The van der Waals surface area contributed by atoms with Gasteiger partial charge in [-0.3, -0.25) is 4.79 Å². The van der Waals surface area contributed by atoms with E-state index in [1.807, 2.05) is 24.3 Å². The highest BCUT2D eigenvalue weighted by Gasteiger charge is 2.03. The summed E-state index contributed by atoms with van der Waals surface area (Å²) >= 11 is 3.17. The van der Waals surface area contributed by atoms with Crippen LogP contribution in [-0.4, -0.2) is 11.1 Å². The minimum Gasteiger partial charge on any atom is -0.293 e. The molecule has 0 radical (unpaired) electrons. The zero-order valence-electron chi connectivity index (χ0n) is 9.61. The van der Waals surface area contributed by atoms with Gasteiger partial charge in [-0.2, -0.15) is 0 Å². The first kappa shape index (κ1) is 12.1. The van der Waals surface area contributed by atoms with Crippen LogP contribution >= 0.6 is 15.9 Å². The summed E-state index contributed by atoms with van der Waals surface area (Å²) in [6, 6.07) is 16.1. The molecule has 0 spiro atoms. The summed E-state index contributed by atoms with van der Waals surface area (Å²) in [6.07, 6.45) is 0. The minimum absolute atomic E-state index is 0.112. The van der Waals surface area contributed by atoms with Crippen LogP contribution in [0.25, 0.3) is 11.1 Å². The third kappa shape index (κ3) is 2.83. The first-order valence-electron chi connectivity index (χ1n) is 5.47. The van der Waals surface area contributed by atoms with Gasteiger partial charge in [0.2, 0.25) is 0 Å². The summed E-state index contributed by atoms with van der Waals surface area (Å²) in [6.45, 7) is 2.07. The van der Waals surface area contributed by atoms with E-state index in [-0.39, 0.29) is 5.78 Å². The predicted molar refractivity (Wildman–Crippen MR) is 74.7 cm³/mol. The van der Waals surface area contributed by atoms with Gasteiger partial charge < -0.3 is 0 Å². The molecule has 0 N–H and O–H groups in total. The molecule has 2 aromatic carbocycles. The molecule has 0 saturated heterocycles. The number of alkyl halides is 1. The van der Waals surface area contributed by atoms with E-state index < -0.39 is 0 Å². The number of Topliss-reactive ketones (excluding diaryl/α,β-unsaturated/α-hetero) is 1. The lowest BCUT2D eigenvalue weighted by Crippen LogP contribution is -1.98. The molecule has 2 heteroatoms. The Hall–Kier alpha value is -1.41. The number of halogens is 1. The Balaban J connectivity index is 2.29. The van der Waals surface area contributed by atoms with Crippen LogP contribution in [0.1, 0.15) is 15.9 Å². The molecule has 0 bridgehead atoms. The number of carbonyl (C=O) groups excluding carboxylic acids is 1. The van der Waals surface area contributed by atoms with Crippen molar-refractivity contribution in [2.24, 2.45) is 0 Å². The van der Waals surface area contributed by atoms with Crippen molar-refractivity contribution < 1.29 is 4.79 Å². The quantitative estimate of drug-likeness (QED) is 0.610. The predicted octanol–water partition coefficient (Wildman–Crippen LogP) is 4.24. The van der Waals surface area contributed by atoms with Gasteiger partial charge in [-0.05, 0) is 18.1 Å². The molecule has 0 atom stereocenters. The van der Waals surface area contributed by atoms with Crippen molar-refractivity contribution in [3.05, 3.63) is 59.7 Å². The summed E-state index contributed by atoms with van der Waals surface area (Å²) in [4.78, 5) is 11.5. The Morgan fingerprint density at radius 2 is 1.41 bits per heavy atom. The molecule has 0 heterocycles. The van der Waals surface area contributed by atoms with E-state index in [1.54, 1.807) is 0 Å². The van der Waals surface area contributed by atoms with Gasteiger partial charge in [0.1, 0.15) is 0 Å². The third-order valence-corrected chi connectivity index (χ3v) is 3.22. The van der Waals surface area contributed by atoms with E-state index in [0.717, 1.165) is 11.1 Å². The standard InChI is InChI=1S/C15H13BrO/c1-11-2-4-12(5-3-11)13-6-8-14(9-7-13)15(17)10-16/h2-9H,10H2,1H3. The zero-order chi connectivity index (χ0) is 12.3. The lowest BCUT2D eigenvalue weighted by Gasteiger charge is -2.03. The van der Waals surface area contributed by atoms with E-state index in [9.17, 15) is 4.79 Å². The highest BCUT2D eigenvalue weighted by atomic mass is 79.9. The zero-order valence-corrected chi connectivity index (χ0v) is 11.2. The Bertz CT molecular complexity index is 512. The molecule has 2 rings (SSSR count). The highest BCUT2D eigenvalue weighted by Crippen LogP contribution is 2.20. The molecule has 0 aliphatic heterocycles. The molecular weight excluding hydrogens is 276 g/mol. The first-order chi connectivity index (χ1) is 8.20. The van der Waals surface area contributed by atoms with Gasteiger partial charge in [0, 0.05) is 5.56 Å². The van der Waals surface area contributed by atoms with Crippen LogP contribution in [0, 0.1) is 6.92 Å². The Labute approximate surface area is 110 Å². The van der Waals surface area contributed by atoms with Gasteiger partial charge in [-0.15, -0.1) is 0 Å². The van der Waals surface area contributed by atoms with Crippen molar-refractivity contribution in [2.75, 3.05) is 5.33 Å². The van der Waals surface area contributed by atoms with Gasteiger partial charge in [-0.25, -0.2) is 0 Å². The van der Waals surface area contributed by atoms with Crippen molar-refractivity contribution >= 4 is 21.7 Å². The van der Waals surface area contributed by atoms with Crippen LogP contribution in [0.3, 0.4) is 0 Å². The maximum absolute atomic E-state index is 11.5. The van der Waals surface area contributed by atoms with Gasteiger partial charge in [0.15, 0.2) is 5.78 Å². The summed E-state index contributed by atoms with van der Waals surface area (Å²) in [5, 5.41) is 0.372. The average molecular weight is 289 g/mol. The molecule has 0 aromatic heterocycles. The summed E-state index contributed by atoms with van der Waals surface area (Å²) in [5.74, 6) is 0.112. The first-order valence-corrected chi connectivity index (χ1v) is 6.59. The second kappa shape index (κ2) is 5.28. The summed E-state index contributed by atoms with van der Waals surface area (Å²) in [7, 11) is 0. The topological polar surface area (TPSA) is 17.1 Å². The van der Waals surface area contributed by atoms with E-state index in [4.69, 9.17) is 0 Å². The van der Waals surface area contributed by atoms with E-state index in [1.165, 1.54) is 11.1 Å². The molecule has 1 nitrogen and oxygen atoms in total. The van der Waals surface area contributed by atoms with Crippen LogP contribution in [0.15, 0.2) is 48.5 Å². The van der Waals surface area contributed by atoms with Crippen molar-refractivity contribution in [1.82, 2.24) is 0 Å². The van der Waals surface area contributed by atoms with Crippen molar-refractivity contribution in [3.63, 3.8) is 0 Å². The second-order valence-electron chi connectivity index (χ2n) is 4.00. The van der Waals surface area contributed by atoms with Gasteiger partial charge in [0.25, 0.3) is 0 Å². The molecule has 2 aromatic rings. The van der Waals surface area contributed by atoms with Gasteiger partial charge in [-0.1, -0.05) is 70.0 Å². The third-order valence-electron chi connectivity index (χ3n) is 2.71. The van der Waals surface area contributed by atoms with Crippen molar-refractivity contribution in [2.45, 2.75) is 6.92 Å². The molecular formula is C15H13BrO. The minimum atomic E-state index is 0.112. The monoisotopic (exact) mass is 288 g/mol. The summed E-state index contributed by atoms with van der Waals surface area (Å²) < 4.78 is 0. The summed E-state index contributed by atoms with van der Waals surface area (Å²) in [5.41, 5.74) is 4.31. The number of benzene rings is 2. The fourth-order valence-corrected chi connectivity index (χ4v) is 2.00. The lowest BCUT2D eigenvalue weighted by atomic mass is 10.0. The highest BCUT2D eigenvalue weighted by molar-refractivity contribution is 9.09. The molecule has 0 saturated carbocycles. The number of aryl methyl sites for hydroxylation is 1. The van der Waals surface area contributed by atoms with Crippen LogP contribution in [0.5, 0.6) is 0 Å². The maximum Gasteiger partial charge on any atom is 0.173 e. The van der Waals surface area contributed by atoms with E-state index in [2.05, 4.69) is 47.1 Å². The molecule has 0 aliphatic carbocycles. The smallest absolute Gasteiger partial charge is 0.173 e. The largest absolute Gasteiger partial charge is 0.293 e. The normalized spacial score (nSPS) is 10.2.